The van der Waals surface area contributed by atoms with Crippen molar-refractivity contribution >= 4 is 7.28 Å². The molecule has 15 heavy (non-hydrogen) atoms. The third-order valence-corrected chi connectivity index (χ3v) is 5.25. The van der Waals surface area contributed by atoms with E-state index in [9.17, 15) is 0 Å². The Morgan fingerprint density at radius 2 is 1.53 bits per heavy atom. The van der Waals surface area contributed by atoms with Gasteiger partial charge < -0.3 is 0 Å². The van der Waals surface area contributed by atoms with Gasteiger partial charge >= 0.3 is 0 Å². The molecule has 1 fully saturated rings. The van der Waals surface area contributed by atoms with E-state index in [2.05, 4.69) is 34.5 Å². The highest BCUT2D eigenvalue weighted by Crippen LogP contribution is 2.51. The molecule has 1 rings (SSSR count). The minimum absolute atomic E-state index is 0.504. The van der Waals surface area contributed by atoms with E-state index in [4.69, 9.17) is 0 Å². The van der Waals surface area contributed by atoms with Crippen molar-refractivity contribution in [2.75, 3.05) is 0 Å². The van der Waals surface area contributed by atoms with E-state index < -0.39 is 0 Å². The molecule has 0 aliphatic heterocycles. The molecule has 0 nitrogen and oxygen atoms in total. The Balaban J connectivity index is 2.70. The maximum atomic E-state index is 2.51. The molecule has 0 atom stereocenters. The van der Waals surface area contributed by atoms with Crippen LogP contribution in [0, 0.1) is 16.7 Å². The fourth-order valence-corrected chi connectivity index (χ4v) is 3.32. The van der Waals surface area contributed by atoms with E-state index in [-0.39, 0.29) is 0 Å². The summed E-state index contributed by atoms with van der Waals surface area (Å²) in [7, 11) is 1.32. The monoisotopic (exact) mass is 208 g/mol. The van der Waals surface area contributed by atoms with E-state index in [0.29, 0.717) is 10.8 Å². The van der Waals surface area contributed by atoms with Gasteiger partial charge in [-0.2, -0.15) is 0 Å². The lowest BCUT2D eigenvalue weighted by Crippen LogP contribution is -2.40. The molecular weight excluding hydrogens is 179 g/mol. The van der Waals surface area contributed by atoms with Crippen molar-refractivity contribution in [3.05, 3.63) is 0 Å². The van der Waals surface area contributed by atoms with Crippen LogP contribution < -0.4 is 0 Å². The number of hydrogen-bond donors (Lipinski definition) is 0. The lowest BCUT2D eigenvalue weighted by molar-refractivity contribution is 0.0329. The Labute approximate surface area is 97.5 Å². The van der Waals surface area contributed by atoms with E-state index in [0.717, 1.165) is 5.92 Å². The summed E-state index contributed by atoms with van der Waals surface area (Å²) in [6.45, 7) is 12.3. The first-order valence-corrected chi connectivity index (χ1v) is 6.92. The Hall–Kier alpha value is 0.0649. The normalized spacial score (nSPS) is 20.3. The second-order valence-corrected chi connectivity index (χ2v) is 6.69. The summed E-state index contributed by atoms with van der Waals surface area (Å²) in [5, 5.41) is 0. The molecule has 1 aliphatic carbocycles. The fourth-order valence-electron chi connectivity index (χ4n) is 3.32. The Kier molecular flexibility index (Phi) is 4.32. The summed E-state index contributed by atoms with van der Waals surface area (Å²) in [5.74, 6) is 0.966. The van der Waals surface area contributed by atoms with Gasteiger partial charge in [0, 0.05) is 0 Å². The quantitative estimate of drug-likeness (QED) is 0.596. The summed E-state index contributed by atoms with van der Waals surface area (Å²) in [6, 6.07) is 0. The molecule has 0 aromatic rings. The molecular formula is C14H29B. The summed E-state index contributed by atoms with van der Waals surface area (Å²) in [5.41, 5.74) is 1.02. The van der Waals surface area contributed by atoms with Gasteiger partial charge in [-0.1, -0.05) is 60.1 Å². The Morgan fingerprint density at radius 1 is 1.00 bits per heavy atom. The van der Waals surface area contributed by atoms with Gasteiger partial charge in [0.1, 0.15) is 7.28 Å². The molecule has 0 radical (unpaired) electrons. The third kappa shape index (κ3) is 2.79. The van der Waals surface area contributed by atoms with Crippen molar-refractivity contribution in [2.45, 2.75) is 72.9 Å². The molecule has 0 spiro atoms. The smallest absolute Gasteiger partial charge is 0.0893 e. The van der Waals surface area contributed by atoms with Crippen LogP contribution in [0.1, 0.15) is 59.8 Å². The molecule has 0 saturated heterocycles. The molecule has 0 heterocycles. The van der Waals surface area contributed by atoms with Gasteiger partial charge in [0.25, 0.3) is 0 Å². The third-order valence-electron chi connectivity index (χ3n) is 5.25. The van der Waals surface area contributed by atoms with Gasteiger partial charge in [-0.25, -0.2) is 0 Å². The standard InChI is InChI=1S/C14H29B/c1-13(2,11-15-5)14(3,4)12-9-7-6-8-10-12/h12,15H,6-11H2,1-5H3. The van der Waals surface area contributed by atoms with Crippen molar-refractivity contribution in [2.24, 2.45) is 16.7 Å². The topological polar surface area (TPSA) is 0 Å². The number of hydrogen-bond acceptors (Lipinski definition) is 0. The first kappa shape index (κ1) is 13.1. The van der Waals surface area contributed by atoms with Gasteiger partial charge in [-0.3, -0.25) is 0 Å². The van der Waals surface area contributed by atoms with Crippen LogP contribution in [0.15, 0.2) is 0 Å². The van der Waals surface area contributed by atoms with Crippen LogP contribution in [-0.2, 0) is 0 Å². The van der Waals surface area contributed by atoms with Crippen LogP contribution in [0.5, 0.6) is 0 Å². The van der Waals surface area contributed by atoms with Crippen molar-refractivity contribution in [3.63, 3.8) is 0 Å². The average molecular weight is 208 g/mol. The zero-order chi connectivity index (χ0) is 11.5. The first-order valence-electron chi connectivity index (χ1n) is 6.92. The molecule has 1 aliphatic rings. The van der Waals surface area contributed by atoms with Crippen molar-refractivity contribution in [1.29, 1.82) is 0 Å². The molecule has 1 saturated carbocycles. The van der Waals surface area contributed by atoms with E-state index in [1.54, 1.807) is 0 Å². The lowest BCUT2D eigenvalue weighted by atomic mass is 9.51. The zero-order valence-corrected chi connectivity index (χ0v) is 11.5. The predicted molar refractivity (Wildman–Crippen MR) is 72.0 cm³/mol. The average Bonchev–Trinajstić information content (AvgIpc) is 2.19. The van der Waals surface area contributed by atoms with E-state index in [1.165, 1.54) is 45.7 Å². The van der Waals surface area contributed by atoms with Crippen LogP contribution in [0.25, 0.3) is 0 Å². The summed E-state index contributed by atoms with van der Waals surface area (Å²) in [4.78, 5) is 0. The molecule has 0 N–H and O–H groups in total. The van der Waals surface area contributed by atoms with Crippen molar-refractivity contribution in [3.8, 4) is 0 Å². The summed E-state index contributed by atoms with van der Waals surface area (Å²) >= 11 is 0. The molecule has 0 aromatic carbocycles. The first-order chi connectivity index (χ1) is 6.92. The van der Waals surface area contributed by atoms with E-state index in [1.807, 2.05) is 0 Å². The van der Waals surface area contributed by atoms with Gasteiger partial charge in [0.2, 0.25) is 0 Å². The molecule has 1 heteroatoms. The van der Waals surface area contributed by atoms with Crippen molar-refractivity contribution in [1.82, 2.24) is 0 Å². The molecule has 0 bridgehead atoms. The minimum atomic E-state index is 0.504. The molecule has 0 aromatic heterocycles. The Morgan fingerprint density at radius 3 is 2.00 bits per heavy atom. The Bertz CT molecular complexity index is 188. The summed E-state index contributed by atoms with van der Waals surface area (Å²) < 4.78 is 0. The van der Waals surface area contributed by atoms with Crippen LogP contribution in [-0.4, -0.2) is 7.28 Å². The minimum Gasteiger partial charge on any atom is -0.0893 e. The highest BCUT2D eigenvalue weighted by molar-refractivity contribution is 6.33. The maximum Gasteiger partial charge on any atom is 0.118 e. The molecule has 88 valence electrons. The largest absolute Gasteiger partial charge is 0.118 e. The second-order valence-electron chi connectivity index (χ2n) is 6.69. The van der Waals surface area contributed by atoms with E-state index >= 15 is 0 Å². The van der Waals surface area contributed by atoms with Crippen LogP contribution >= 0.6 is 0 Å². The molecule has 0 amide bonds. The van der Waals surface area contributed by atoms with Crippen LogP contribution in [0.4, 0.5) is 0 Å². The SMILES string of the molecule is CBCC(C)(C)C(C)(C)C1CCCCC1. The summed E-state index contributed by atoms with van der Waals surface area (Å²) in [6.07, 6.45) is 8.73. The predicted octanol–water partition coefficient (Wildman–Crippen LogP) is 4.52. The maximum absolute atomic E-state index is 2.51. The zero-order valence-electron chi connectivity index (χ0n) is 11.5. The second kappa shape index (κ2) is 4.93. The van der Waals surface area contributed by atoms with Gasteiger partial charge in [0.15, 0.2) is 0 Å². The van der Waals surface area contributed by atoms with Gasteiger partial charge in [-0.05, 0) is 29.6 Å². The lowest BCUT2D eigenvalue weighted by Gasteiger charge is -2.49. The molecule has 0 unspecified atom stereocenters. The highest BCUT2D eigenvalue weighted by atomic mass is 14.5. The van der Waals surface area contributed by atoms with Crippen LogP contribution in [0.2, 0.25) is 13.1 Å². The van der Waals surface area contributed by atoms with Gasteiger partial charge in [-0.15, -0.1) is 0 Å². The number of rotatable bonds is 4. The highest BCUT2D eigenvalue weighted by Gasteiger charge is 2.42. The van der Waals surface area contributed by atoms with Crippen LogP contribution in [0.3, 0.4) is 0 Å². The fraction of sp³-hybridized carbons (Fsp3) is 1.00. The van der Waals surface area contributed by atoms with Gasteiger partial charge in [0.05, 0.1) is 0 Å². The van der Waals surface area contributed by atoms with Crippen molar-refractivity contribution < 1.29 is 0 Å².